The van der Waals surface area contributed by atoms with Gasteiger partial charge in [0.05, 0.1) is 16.6 Å². The van der Waals surface area contributed by atoms with Crippen molar-refractivity contribution in [3.8, 4) is 0 Å². The largest absolute Gasteiger partial charge is 0.294 e. The topological polar surface area (TPSA) is 17.3 Å². The molecule has 0 N–H and O–H groups in total. The number of hydrogen-bond donors (Lipinski definition) is 0. The van der Waals surface area contributed by atoms with E-state index in [1.807, 2.05) is 24.3 Å². The van der Waals surface area contributed by atoms with Gasteiger partial charge in [0, 0.05) is 10.8 Å². The van der Waals surface area contributed by atoms with Gasteiger partial charge in [0.15, 0.2) is 0 Å². The Hall–Kier alpha value is -3.39. The van der Waals surface area contributed by atoms with Crippen molar-refractivity contribution < 1.29 is 0 Å². The lowest BCUT2D eigenvalue weighted by Gasteiger charge is -2.07. The van der Waals surface area contributed by atoms with Crippen LogP contribution in [0.15, 0.2) is 84.9 Å². The molecule has 0 aliphatic carbocycles. The van der Waals surface area contributed by atoms with Crippen LogP contribution in [-0.4, -0.2) is 9.38 Å². The molecule has 2 aromatic heterocycles. The molecule has 0 atom stereocenters. The van der Waals surface area contributed by atoms with Gasteiger partial charge >= 0.3 is 0 Å². The van der Waals surface area contributed by atoms with Gasteiger partial charge in [-0.3, -0.25) is 4.40 Å². The van der Waals surface area contributed by atoms with Gasteiger partial charge in [-0.25, -0.2) is 4.98 Å². The van der Waals surface area contributed by atoms with E-state index in [0.29, 0.717) is 0 Å². The van der Waals surface area contributed by atoms with E-state index < -0.39 is 0 Å². The fourth-order valence-electron chi connectivity index (χ4n) is 3.41. The predicted molar refractivity (Wildman–Crippen MR) is 106 cm³/mol. The Morgan fingerprint density at radius 3 is 2.36 bits per heavy atom. The fraction of sp³-hybridized carbons (Fsp3) is 0. The van der Waals surface area contributed by atoms with Gasteiger partial charge in [-0.2, -0.15) is 0 Å². The van der Waals surface area contributed by atoms with Crippen LogP contribution in [0.3, 0.4) is 0 Å². The molecule has 5 rings (SSSR count). The molecular formula is C23H16N2. The highest BCUT2D eigenvalue weighted by Gasteiger charge is 2.10. The quantitative estimate of drug-likeness (QED) is 0.401. The third-order valence-corrected chi connectivity index (χ3v) is 4.58. The highest BCUT2D eigenvalue weighted by molar-refractivity contribution is 6.01. The Bertz CT molecular complexity index is 1230. The average molecular weight is 320 g/mol. The van der Waals surface area contributed by atoms with Crippen LogP contribution in [0.2, 0.25) is 0 Å². The van der Waals surface area contributed by atoms with Crippen molar-refractivity contribution in [3.05, 3.63) is 96.3 Å². The van der Waals surface area contributed by atoms with E-state index in [2.05, 4.69) is 77.2 Å². The normalized spacial score (nSPS) is 11.8. The van der Waals surface area contributed by atoms with Crippen LogP contribution in [-0.2, 0) is 0 Å². The van der Waals surface area contributed by atoms with Crippen molar-refractivity contribution in [2.45, 2.75) is 0 Å². The summed E-state index contributed by atoms with van der Waals surface area (Å²) in [6, 6.07) is 29.4. The third-order valence-electron chi connectivity index (χ3n) is 4.58. The lowest BCUT2D eigenvalue weighted by Crippen LogP contribution is -1.96. The van der Waals surface area contributed by atoms with E-state index in [0.717, 1.165) is 11.3 Å². The first-order valence-electron chi connectivity index (χ1n) is 8.42. The molecule has 5 aromatic rings. The SMILES string of the molecule is C(=C\c1nc2ccccc2c2cc3ccccc3n12)/c1ccccc1. The highest BCUT2D eigenvalue weighted by Crippen LogP contribution is 2.28. The maximum atomic E-state index is 4.92. The molecule has 0 aliphatic rings. The van der Waals surface area contributed by atoms with E-state index in [4.69, 9.17) is 4.98 Å². The Kier molecular flexibility index (Phi) is 3.14. The molecule has 0 amide bonds. The average Bonchev–Trinajstić information content (AvgIpc) is 3.07. The molecule has 0 saturated carbocycles. The summed E-state index contributed by atoms with van der Waals surface area (Å²) in [5.41, 5.74) is 4.57. The Morgan fingerprint density at radius 1 is 0.680 bits per heavy atom. The summed E-state index contributed by atoms with van der Waals surface area (Å²) >= 11 is 0. The second-order valence-corrected chi connectivity index (χ2v) is 6.15. The van der Waals surface area contributed by atoms with Crippen LogP contribution < -0.4 is 0 Å². The van der Waals surface area contributed by atoms with Gasteiger partial charge in [0.2, 0.25) is 0 Å². The van der Waals surface area contributed by atoms with Crippen molar-refractivity contribution >= 4 is 39.5 Å². The van der Waals surface area contributed by atoms with Crippen molar-refractivity contribution in [1.82, 2.24) is 9.38 Å². The Labute approximate surface area is 145 Å². The summed E-state index contributed by atoms with van der Waals surface area (Å²) in [4.78, 5) is 4.92. The van der Waals surface area contributed by atoms with E-state index in [-0.39, 0.29) is 0 Å². The molecular weight excluding hydrogens is 304 g/mol. The molecule has 118 valence electrons. The van der Waals surface area contributed by atoms with Crippen LogP contribution in [0.5, 0.6) is 0 Å². The van der Waals surface area contributed by atoms with E-state index in [1.165, 1.54) is 27.4 Å². The van der Waals surface area contributed by atoms with Crippen LogP contribution >= 0.6 is 0 Å². The Morgan fingerprint density at radius 2 is 1.44 bits per heavy atom. The minimum absolute atomic E-state index is 0.943. The van der Waals surface area contributed by atoms with E-state index in [1.54, 1.807) is 0 Å². The fourth-order valence-corrected chi connectivity index (χ4v) is 3.41. The molecule has 3 aromatic carbocycles. The number of aromatic nitrogens is 2. The van der Waals surface area contributed by atoms with Gasteiger partial charge < -0.3 is 0 Å². The number of hydrogen-bond acceptors (Lipinski definition) is 1. The second kappa shape index (κ2) is 5.60. The van der Waals surface area contributed by atoms with Gasteiger partial charge in [-0.05, 0) is 29.8 Å². The number of para-hydroxylation sites is 2. The summed E-state index contributed by atoms with van der Waals surface area (Å²) in [5, 5.41) is 2.41. The van der Waals surface area contributed by atoms with Crippen molar-refractivity contribution in [3.63, 3.8) is 0 Å². The lowest BCUT2D eigenvalue weighted by molar-refractivity contribution is 1.13. The number of fused-ring (bicyclic) bond motifs is 5. The minimum atomic E-state index is 0.943. The summed E-state index contributed by atoms with van der Waals surface area (Å²) in [6.45, 7) is 0. The Balaban J connectivity index is 1.85. The first-order valence-corrected chi connectivity index (χ1v) is 8.42. The van der Waals surface area contributed by atoms with Gasteiger partial charge in [-0.15, -0.1) is 0 Å². The zero-order valence-electron chi connectivity index (χ0n) is 13.6. The van der Waals surface area contributed by atoms with Crippen LogP contribution in [0.4, 0.5) is 0 Å². The predicted octanol–water partition coefficient (Wildman–Crippen LogP) is 5.81. The minimum Gasteiger partial charge on any atom is -0.294 e. The molecule has 0 fully saturated rings. The van der Waals surface area contributed by atoms with Crippen LogP contribution in [0, 0.1) is 0 Å². The van der Waals surface area contributed by atoms with Crippen LogP contribution in [0.25, 0.3) is 39.5 Å². The standard InChI is InChI=1S/C23H16N2/c1-2-8-17(9-3-1)14-15-23-24-20-12-6-5-11-19(20)22-16-18-10-4-7-13-21(18)25(22)23/h1-16H/b15-14+. The highest BCUT2D eigenvalue weighted by atomic mass is 15.0. The van der Waals surface area contributed by atoms with Gasteiger partial charge in [0.1, 0.15) is 5.82 Å². The molecule has 2 nitrogen and oxygen atoms in total. The monoisotopic (exact) mass is 320 g/mol. The lowest BCUT2D eigenvalue weighted by atomic mass is 10.2. The molecule has 0 aliphatic heterocycles. The zero-order chi connectivity index (χ0) is 16.6. The summed E-state index contributed by atoms with van der Waals surface area (Å²) in [7, 11) is 0. The summed E-state index contributed by atoms with van der Waals surface area (Å²) < 4.78 is 2.25. The van der Waals surface area contributed by atoms with Gasteiger partial charge in [-0.1, -0.05) is 72.8 Å². The summed E-state index contributed by atoms with van der Waals surface area (Å²) in [5.74, 6) is 0.943. The maximum absolute atomic E-state index is 4.92. The van der Waals surface area contributed by atoms with Crippen molar-refractivity contribution in [2.75, 3.05) is 0 Å². The first kappa shape index (κ1) is 14.0. The molecule has 2 heteroatoms. The maximum Gasteiger partial charge on any atom is 0.138 e. The van der Waals surface area contributed by atoms with E-state index >= 15 is 0 Å². The second-order valence-electron chi connectivity index (χ2n) is 6.15. The number of nitrogens with zero attached hydrogens (tertiary/aromatic N) is 2. The third kappa shape index (κ3) is 2.31. The van der Waals surface area contributed by atoms with Crippen molar-refractivity contribution in [2.24, 2.45) is 0 Å². The smallest absolute Gasteiger partial charge is 0.138 e. The number of rotatable bonds is 2. The van der Waals surface area contributed by atoms with Gasteiger partial charge in [0.25, 0.3) is 0 Å². The van der Waals surface area contributed by atoms with Crippen LogP contribution in [0.1, 0.15) is 11.4 Å². The molecule has 0 saturated heterocycles. The summed E-state index contributed by atoms with van der Waals surface area (Å²) in [6.07, 6.45) is 4.21. The molecule has 2 heterocycles. The molecule has 0 unspecified atom stereocenters. The molecule has 0 spiro atoms. The number of benzene rings is 3. The van der Waals surface area contributed by atoms with E-state index in [9.17, 15) is 0 Å². The molecule has 0 bridgehead atoms. The molecule has 25 heavy (non-hydrogen) atoms. The van der Waals surface area contributed by atoms with Crippen molar-refractivity contribution in [1.29, 1.82) is 0 Å². The zero-order valence-corrected chi connectivity index (χ0v) is 13.6. The molecule has 0 radical (unpaired) electrons. The first-order chi connectivity index (χ1) is 12.4.